The molecule has 9 nitrogen and oxygen atoms in total. The Labute approximate surface area is 197 Å². The van der Waals surface area contributed by atoms with Gasteiger partial charge in [-0.2, -0.15) is 0 Å². The number of carbonyl (C=O) groups excluding carboxylic acids is 1. The Morgan fingerprint density at radius 3 is 2.27 bits per heavy atom. The van der Waals surface area contributed by atoms with Crippen LogP contribution in [0.5, 0.6) is 28.7 Å². The van der Waals surface area contributed by atoms with Crippen molar-refractivity contribution >= 4 is 18.4 Å². The third-order valence-corrected chi connectivity index (χ3v) is 6.40. The maximum Gasteiger partial charge on any atom is 0.310 e. The van der Waals surface area contributed by atoms with E-state index >= 15 is 0 Å². The molecule has 0 spiro atoms. The molecule has 2 aliphatic heterocycles. The number of aromatic hydroxyl groups is 1. The van der Waals surface area contributed by atoms with Gasteiger partial charge in [-0.3, -0.25) is 4.79 Å². The first-order valence-electron chi connectivity index (χ1n) is 10.4. The van der Waals surface area contributed by atoms with Crippen molar-refractivity contribution in [1.29, 1.82) is 0 Å². The third-order valence-electron chi connectivity index (χ3n) is 6.40. The van der Waals surface area contributed by atoms with Crippen molar-refractivity contribution in [3.8, 4) is 28.7 Å². The number of esters is 1. The maximum atomic E-state index is 13.0. The van der Waals surface area contributed by atoms with Gasteiger partial charge in [0.05, 0.1) is 39.5 Å². The van der Waals surface area contributed by atoms with E-state index in [0.717, 1.165) is 16.7 Å². The molecular formula is C23H26ClNO8. The van der Waals surface area contributed by atoms with Gasteiger partial charge >= 0.3 is 5.97 Å². The fourth-order valence-corrected chi connectivity index (χ4v) is 5.01. The number of ether oxygens (including phenoxy) is 6. The van der Waals surface area contributed by atoms with Gasteiger partial charge in [0.2, 0.25) is 12.5 Å². The van der Waals surface area contributed by atoms with E-state index < -0.39 is 5.92 Å². The molecule has 1 saturated heterocycles. The van der Waals surface area contributed by atoms with Gasteiger partial charge in [-0.25, -0.2) is 0 Å². The normalized spacial score (nSPS) is 24.4. The molecule has 1 aliphatic carbocycles. The highest BCUT2D eigenvalue weighted by molar-refractivity contribution is 5.85. The molecule has 1 fully saturated rings. The molecule has 0 bridgehead atoms. The van der Waals surface area contributed by atoms with Crippen LogP contribution in [-0.2, 0) is 14.3 Å². The number of methoxy groups -OCH3 is 2. The minimum absolute atomic E-state index is 0. The fraction of sp³-hybridized carbons (Fsp3) is 0.435. The molecular weight excluding hydrogens is 454 g/mol. The molecule has 0 amide bonds. The van der Waals surface area contributed by atoms with Gasteiger partial charge in [-0.1, -0.05) is 0 Å². The van der Waals surface area contributed by atoms with Crippen LogP contribution in [-0.4, -0.2) is 51.8 Å². The highest BCUT2D eigenvalue weighted by atomic mass is 35.5. The average Bonchev–Trinajstić information content (AvgIpc) is 3.42. The zero-order valence-electron chi connectivity index (χ0n) is 18.2. The van der Waals surface area contributed by atoms with Gasteiger partial charge in [-0.05, 0) is 41.0 Å². The Balaban J connectivity index is 0.00000259. The molecule has 0 saturated carbocycles. The molecule has 4 atom stereocenters. The van der Waals surface area contributed by atoms with Crippen molar-refractivity contribution in [2.45, 2.75) is 12.0 Å². The number of phenols is 1. The molecule has 0 radical (unpaired) electrons. The zero-order chi connectivity index (χ0) is 22.4. The Hall–Kier alpha value is -2.88. The Kier molecular flexibility index (Phi) is 6.47. The summed E-state index contributed by atoms with van der Waals surface area (Å²) in [6.45, 7) is 1.09. The molecule has 33 heavy (non-hydrogen) atoms. The number of carbonyl (C=O) groups is 1. The topological polar surface area (TPSA) is 119 Å². The smallest absolute Gasteiger partial charge is 0.310 e. The van der Waals surface area contributed by atoms with Crippen molar-refractivity contribution in [3.05, 3.63) is 41.0 Å². The quantitative estimate of drug-likeness (QED) is 0.602. The summed E-state index contributed by atoms with van der Waals surface area (Å²) in [5, 5.41) is 10.4. The largest absolute Gasteiger partial charge is 0.502 e. The molecule has 2 aromatic carbocycles. The first-order chi connectivity index (χ1) is 15.6. The zero-order valence-corrected chi connectivity index (χ0v) is 19.1. The van der Waals surface area contributed by atoms with E-state index in [9.17, 15) is 9.90 Å². The summed E-state index contributed by atoms with van der Waals surface area (Å²) in [5.41, 5.74) is 8.22. The van der Waals surface area contributed by atoms with Crippen LogP contribution in [0.2, 0.25) is 0 Å². The molecule has 2 heterocycles. The molecule has 10 heteroatoms. The van der Waals surface area contributed by atoms with E-state index in [0.29, 0.717) is 24.7 Å². The van der Waals surface area contributed by atoms with Crippen molar-refractivity contribution < 1.29 is 38.3 Å². The van der Waals surface area contributed by atoms with Gasteiger partial charge < -0.3 is 39.3 Å². The monoisotopic (exact) mass is 479 g/mol. The summed E-state index contributed by atoms with van der Waals surface area (Å²) in [4.78, 5) is 13.0. The predicted molar refractivity (Wildman–Crippen MR) is 119 cm³/mol. The maximum absolute atomic E-state index is 13.0. The lowest BCUT2D eigenvalue weighted by atomic mass is 9.66. The fourth-order valence-electron chi connectivity index (χ4n) is 5.01. The van der Waals surface area contributed by atoms with Gasteiger partial charge in [-0.15, -0.1) is 12.4 Å². The second-order valence-electron chi connectivity index (χ2n) is 7.99. The van der Waals surface area contributed by atoms with Crippen LogP contribution in [0.25, 0.3) is 0 Å². The highest BCUT2D eigenvalue weighted by Gasteiger charge is 2.53. The lowest BCUT2D eigenvalue weighted by molar-refractivity contribution is -0.141. The van der Waals surface area contributed by atoms with Gasteiger partial charge in [0.1, 0.15) is 0 Å². The number of rotatable bonds is 6. The minimum atomic E-state index is -0.496. The number of phenolic OH excluding ortho intramolecular Hbond substituents is 1. The van der Waals surface area contributed by atoms with Gasteiger partial charge in [0, 0.05) is 18.4 Å². The number of cyclic esters (lactones) is 1. The molecule has 5 rings (SSSR count). The second kappa shape index (κ2) is 9.17. The number of hydrogen-bond acceptors (Lipinski definition) is 9. The number of hydrogen-bond donors (Lipinski definition) is 2. The van der Waals surface area contributed by atoms with Crippen LogP contribution in [0.4, 0.5) is 0 Å². The van der Waals surface area contributed by atoms with E-state index in [1.807, 2.05) is 12.1 Å². The Morgan fingerprint density at radius 1 is 1.03 bits per heavy atom. The highest BCUT2D eigenvalue weighted by Crippen LogP contribution is 2.56. The first kappa shape index (κ1) is 23.3. The van der Waals surface area contributed by atoms with E-state index in [-0.39, 0.29) is 67.0 Å². The number of benzene rings is 2. The van der Waals surface area contributed by atoms with Crippen LogP contribution >= 0.6 is 12.4 Å². The SMILES string of the molecule is COc1cc([C@@H]2c3cc4c(cc3[C@@H](OCCN)[C@H]3COC(=O)[C@H]23)OCO4)cc(OC)c1O.Cl. The molecule has 2 aromatic rings. The lowest BCUT2D eigenvalue weighted by Crippen LogP contribution is -2.36. The van der Waals surface area contributed by atoms with Crippen molar-refractivity contribution in [1.82, 2.24) is 0 Å². The summed E-state index contributed by atoms with van der Waals surface area (Å²) in [6.07, 6.45) is -0.378. The van der Waals surface area contributed by atoms with E-state index in [1.165, 1.54) is 14.2 Å². The summed E-state index contributed by atoms with van der Waals surface area (Å²) in [6, 6.07) is 7.26. The third kappa shape index (κ3) is 3.70. The number of nitrogens with two attached hydrogens (primary N) is 1. The molecule has 3 aliphatic rings. The van der Waals surface area contributed by atoms with E-state index in [4.69, 9.17) is 34.2 Å². The predicted octanol–water partition coefficient (Wildman–Crippen LogP) is 2.51. The van der Waals surface area contributed by atoms with Crippen molar-refractivity contribution in [3.63, 3.8) is 0 Å². The van der Waals surface area contributed by atoms with Crippen LogP contribution in [0, 0.1) is 11.8 Å². The van der Waals surface area contributed by atoms with Crippen molar-refractivity contribution in [2.75, 3.05) is 40.8 Å². The first-order valence-corrected chi connectivity index (χ1v) is 10.4. The van der Waals surface area contributed by atoms with Crippen LogP contribution < -0.4 is 24.7 Å². The van der Waals surface area contributed by atoms with Crippen molar-refractivity contribution in [2.24, 2.45) is 17.6 Å². The van der Waals surface area contributed by atoms with E-state index in [2.05, 4.69) is 0 Å². The molecule has 0 aromatic heterocycles. The van der Waals surface area contributed by atoms with Gasteiger partial charge in [0.25, 0.3) is 0 Å². The molecule has 3 N–H and O–H groups in total. The summed E-state index contributed by atoms with van der Waals surface area (Å²) in [5.74, 6) is 0.258. The van der Waals surface area contributed by atoms with E-state index in [1.54, 1.807) is 12.1 Å². The standard InChI is InChI=1S/C23H25NO8.ClH/c1-27-17-5-11(6-18(28-2)21(17)25)19-12-7-15-16(32-10-31-15)8-13(12)22(29-4-3-24)14-9-30-23(26)20(14)19;/h5-8,14,19-20,22,25H,3-4,9-10,24H2,1-2H3;1H/t14-,19+,20-,22+;/m0./s1. The van der Waals surface area contributed by atoms with Gasteiger partial charge in [0.15, 0.2) is 23.0 Å². The lowest BCUT2D eigenvalue weighted by Gasteiger charge is -2.39. The summed E-state index contributed by atoms with van der Waals surface area (Å²) < 4.78 is 33.6. The van der Waals surface area contributed by atoms with Crippen LogP contribution in [0.15, 0.2) is 24.3 Å². The molecule has 0 unspecified atom stereocenters. The minimum Gasteiger partial charge on any atom is -0.502 e. The Bertz CT molecular complexity index is 1040. The summed E-state index contributed by atoms with van der Waals surface area (Å²) >= 11 is 0. The number of halogens is 1. The summed E-state index contributed by atoms with van der Waals surface area (Å²) in [7, 11) is 2.93. The second-order valence-corrected chi connectivity index (χ2v) is 7.99. The molecule has 178 valence electrons. The average molecular weight is 480 g/mol. The van der Waals surface area contributed by atoms with Crippen LogP contribution in [0.1, 0.15) is 28.7 Å². The van der Waals surface area contributed by atoms with Crippen LogP contribution in [0.3, 0.4) is 0 Å². The number of fused-ring (bicyclic) bond motifs is 3. The Morgan fingerprint density at radius 2 is 1.67 bits per heavy atom.